The number of nitrogens with zero attached hydrogens (tertiary/aromatic N) is 3. The van der Waals surface area contributed by atoms with Gasteiger partial charge in [0.2, 0.25) is 0 Å². The predicted octanol–water partition coefficient (Wildman–Crippen LogP) is 2.12. The van der Waals surface area contributed by atoms with Gasteiger partial charge in [-0.05, 0) is 10.5 Å². The van der Waals surface area contributed by atoms with Crippen LogP contribution in [-0.2, 0) is 4.79 Å². The van der Waals surface area contributed by atoms with Crippen LogP contribution >= 0.6 is 11.6 Å². The molecule has 0 saturated heterocycles. The minimum Gasteiger partial charge on any atom is -0.479 e. The van der Waals surface area contributed by atoms with Gasteiger partial charge in [-0.3, -0.25) is 0 Å². The second-order valence-corrected chi connectivity index (χ2v) is 4.10. The van der Waals surface area contributed by atoms with Crippen molar-refractivity contribution >= 4 is 23.4 Å². The molecule has 1 aromatic heterocycles. The Morgan fingerprint density at radius 3 is 2.53 bits per heavy atom. The number of hydrogen-bond acceptors (Lipinski definition) is 4. The van der Waals surface area contributed by atoms with Crippen molar-refractivity contribution in [1.82, 2.24) is 9.78 Å². The van der Waals surface area contributed by atoms with Crippen LogP contribution in [0, 0.1) is 10.1 Å². The van der Waals surface area contributed by atoms with Gasteiger partial charge in [-0.1, -0.05) is 41.9 Å². The van der Waals surface area contributed by atoms with Gasteiger partial charge in [-0.2, -0.15) is 4.68 Å². The van der Waals surface area contributed by atoms with Gasteiger partial charge < -0.3 is 15.2 Å². The van der Waals surface area contributed by atoms with Crippen LogP contribution in [0.1, 0.15) is 11.6 Å². The molecule has 1 aromatic carbocycles. The van der Waals surface area contributed by atoms with E-state index in [-0.39, 0.29) is 5.02 Å². The molecule has 0 aliphatic rings. The average Bonchev–Trinajstić information content (AvgIpc) is 2.72. The quantitative estimate of drug-likeness (QED) is 0.683. The molecule has 1 heterocycles. The van der Waals surface area contributed by atoms with Gasteiger partial charge in [0.1, 0.15) is 0 Å². The maximum Gasteiger partial charge on any atom is 0.408 e. The fourth-order valence-corrected chi connectivity index (χ4v) is 1.87. The van der Waals surface area contributed by atoms with Crippen molar-refractivity contribution in [1.29, 1.82) is 0 Å². The molecule has 19 heavy (non-hydrogen) atoms. The molecule has 2 rings (SSSR count). The minimum absolute atomic E-state index is 0.202. The van der Waals surface area contributed by atoms with E-state index >= 15 is 0 Å². The topological polar surface area (TPSA) is 98.3 Å². The van der Waals surface area contributed by atoms with E-state index < -0.39 is 22.8 Å². The summed E-state index contributed by atoms with van der Waals surface area (Å²) in [6, 6.07) is 7.11. The summed E-state index contributed by atoms with van der Waals surface area (Å²) in [7, 11) is 0. The largest absolute Gasteiger partial charge is 0.479 e. The molecule has 0 amide bonds. The first kappa shape index (κ1) is 13.0. The summed E-state index contributed by atoms with van der Waals surface area (Å²) >= 11 is 5.66. The van der Waals surface area contributed by atoms with Crippen LogP contribution in [0.25, 0.3) is 0 Å². The van der Waals surface area contributed by atoms with E-state index in [1.165, 1.54) is 0 Å². The summed E-state index contributed by atoms with van der Waals surface area (Å²) in [4.78, 5) is 21.2. The van der Waals surface area contributed by atoms with Crippen molar-refractivity contribution < 1.29 is 14.8 Å². The third-order valence-corrected chi connectivity index (χ3v) is 2.72. The van der Waals surface area contributed by atoms with E-state index in [2.05, 4.69) is 5.10 Å². The van der Waals surface area contributed by atoms with E-state index in [9.17, 15) is 20.0 Å². The fraction of sp³-hybridized carbons (Fsp3) is 0.0909. The first-order valence-electron chi connectivity index (χ1n) is 5.17. The number of nitro groups is 1. The molecule has 0 bridgehead atoms. The molecule has 7 nitrogen and oxygen atoms in total. The van der Waals surface area contributed by atoms with Gasteiger partial charge >= 0.3 is 11.8 Å². The van der Waals surface area contributed by atoms with Crippen molar-refractivity contribution in [3.8, 4) is 0 Å². The van der Waals surface area contributed by atoms with Gasteiger partial charge in [0, 0.05) is 0 Å². The van der Waals surface area contributed by atoms with Crippen molar-refractivity contribution in [3.05, 3.63) is 57.2 Å². The third kappa shape index (κ3) is 2.55. The smallest absolute Gasteiger partial charge is 0.408 e. The average molecular weight is 282 g/mol. The van der Waals surface area contributed by atoms with Crippen molar-refractivity contribution in [2.24, 2.45) is 0 Å². The van der Waals surface area contributed by atoms with Crippen molar-refractivity contribution in [2.45, 2.75) is 6.04 Å². The zero-order valence-corrected chi connectivity index (χ0v) is 10.2. The van der Waals surface area contributed by atoms with Crippen LogP contribution in [0.2, 0.25) is 5.02 Å². The van der Waals surface area contributed by atoms with Crippen LogP contribution in [0.5, 0.6) is 0 Å². The molecule has 98 valence electrons. The second kappa shape index (κ2) is 5.07. The van der Waals surface area contributed by atoms with Crippen molar-refractivity contribution in [3.63, 3.8) is 0 Å². The Balaban J connectivity index is 2.49. The number of carbonyl (C=O) groups is 1. The Kier molecular flexibility index (Phi) is 3.48. The van der Waals surface area contributed by atoms with E-state index in [0.717, 1.165) is 10.9 Å². The summed E-state index contributed by atoms with van der Waals surface area (Å²) in [6.07, 6.45) is 1.13. The normalized spacial score (nSPS) is 12.1. The minimum atomic E-state index is -1.18. The lowest BCUT2D eigenvalue weighted by Crippen LogP contribution is -2.20. The second-order valence-electron chi connectivity index (χ2n) is 3.69. The van der Waals surface area contributed by atoms with Crippen LogP contribution in [-0.4, -0.2) is 25.8 Å². The van der Waals surface area contributed by atoms with Crippen LogP contribution in [0.4, 0.5) is 5.82 Å². The molecular formula is C11H8ClN3O4. The summed E-state index contributed by atoms with van der Waals surface area (Å²) in [5, 5.41) is 23.3. The lowest BCUT2D eigenvalue weighted by Gasteiger charge is -2.09. The number of aliphatic carboxylic acids is 1. The predicted molar refractivity (Wildman–Crippen MR) is 66.1 cm³/mol. The third-order valence-electron chi connectivity index (χ3n) is 2.46. The maximum absolute atomic E-state index is 11.3. The summed E-state index contributed by atoms with van der Waals surface area (Å²) in [5.74, 6) is -1.75. The number of halogens is 1. The summed E-state index contributed by atoms with van der Waals surface area (Å²) in [5.41, 5.74) is 0.448. The van der Waals surface area contributed by atoms with Gasteiger partial charge in [-0.25, -0.2) is 4.79 Å². The highest BCUT2D eigenvalue weighted by molar-refractivity contribution is 6.32. The summed E-state index contributed by atoms with van der Waals surface area (Å²) < 4.78 is 0.970. The Hall–Kier alpha value is -2.41. The SMILES string of the molecule is O=C(O)C(c1ccccc1)n1cc(Cl)c([N+](=O)[O-])n1. The highest BCUT2D eigenvalue weighted by atomic mass is 35.5. The van der Waals surface area contributed by atoms with E-state index in [1.807, 2.05) is 0 Å². The molecule has 1 N–H and O–H groups in total. The number of hydrogen-bond donors (Lipinski definition) is 1. The first-order chi connectivity index (χ1) is 9.00. The molecule has 1 atom stereocenters. The molecule has 0 spiro atoms. The monoisotopic (exact) mass is 281 g/mol. The Morgan fingerprint density at radius 2 is 2.05 bits per heavy atom. The molecule has 0 aliphatic carbocycles. The first-order valence-corrected chi connectivity index (χ1v) is 5.55. The Bertz CT molecular complexity index is 626. The van der Waals surface area contributed by atoms with E-state index in [4.69, 9.17) is 11.6 Å². The van der Waals surface area contributed by atoms with Crippen molar-refractivity contribution in [2.75, 3.05) is 0 Å². The number of carboxylic acid groups (broad SMARTS) is 1. The number of aromatic nitrogens is 2. The van der Waals surface area contributed by atoms with Gasteiger partial charge in [0.15, 0.2) is 11.1 Å². The van der Waals surface area contributed by atoms with Gasteiger partial charge in [0.25, 0.3) is 0 Å². The molecular weight excluding hydrogens is 274 g/mol. The highest BCUT2D eigenvalue weighted by Crippen LogP contribution is 2.26. The highest BCUT2D eigenvalue weighted by Gasteiger charge is 2.29. The summed E-state index contributed by atoms with van der Waals surface area (Å²) in [6.45, 7) is 0. The van der Waals surface area contributed by atoms with Crippen LogP contribution in [0.3, 0.4) is 0 Å². The standard InChI is InChI=1S/C11H8ClN3O4/c12-8-6-14(13-10(8)15(18)19)9(11(16)17)7-4-2-1-3-5-7/h1-6,9H,(H,16,17). The van der Waals surface area contributed by atoms with E-state index in [0.29, 0.717) is 5.56 Å². The lowest BCUT2D eigenvalue weighted by molar-refractivity contribution is -0.389. The fourth-order valence-electron chi connectivity index (χ4n) is 1.66. The molecule has 0 saturated carbocycles. The van der Waals surface area contributed by atoms with Gasteiger partial charge in [-0.15, -0.1) is 0 Å². The zero-order valence-electron chi connectivity index (χ0n) is 9.43. The van der Waals surface area contributed by atoms with Crippen LogP contribution in [0.15, 0.2) is 36.5 Å². The number of benzene rings is 1. The lowest BCUT2D eigenvalue weighted by atomic mass is 10.1. The van der Waals surface area contributed by atoms with Crippen LogP contribution < -0.4 is 0 Å². The molecule has 0 radical (unpaired) electrons. The molecule has 0 aliphatic heterocycles. The Labute approximate surface area is 112 Å². The molecule has 1 unspecified atom stereocenters. The van der Waals surface area contributed by atoms with Gasteiger partial charge in [0.05, 0.1) is 11.3 Å². The van der Waals surface area contributed by atoms with E-state index in [1.54, 1.807) is 30.3 Å². The number of rotatable bonds is 4. The maximum atomic E-state index is 11.3. The molecule has 0 fully saturated rings. The number of carboxylic acids is 1. The zero-order chi connectivity index (χ0) is 14.0. The Morgan fingerprint density at radius 1 is 1.42 bits per heavy atom. The molecule has 2 aromatic rings. The molecule has 8 heteroatoms.